The fourth-order valence-electron chi connectivity index (χ4n) is 1.99. The molecule has 20 heavy (non-hydrogen) atoms. The van der Waals surface area contributed by atoms with Crippen molar-refractivity contribution in [2.24, 2.45) is 0 Å². The number of aromatic nitrogens is 1. The third-order valence-corrected chi connectivity index (χ3v) is 3.00. The van der Waals surface area contributed by atoms with Gasteiger partial charge in [-0.05, 0) is 30.7 Å². The molecule has 0 aliphatic heterocycles. The summed E-state index contributed by atoms with van der Waals surface area (Å²) in [5, 5.41) is 11.7. The maximum Gasteiger partial charge on any atom is 0.135 e. The van der Waals surface area contributed by atoms with Crippen LogP contribution in [0.3, 0.4) is 0 Å². The molecule has 1 heterocycles. The molecular weight excluding hydrogens is 250 g/mol. The van der Waals surface area contributed by atoms with Crippen molar-refractivity contribution >= 4 is 11.5 Å². The summed E-state index contributed by atoms with van der Waals surface area (Å²) >= 11 is 0. The van der Waals surface area contributed by atoms with Gasteiger partial charge in [0.25, 0.3) is 0 Å². The number of ether oxygens (including phenoxy) is 1. The first-order valence-electron chi connectivity index (χ1n) is 6.69. The number of nitrogens with one attached hydrogen (secondary N) is 2. The first-order chi connectivity index (χ1) is 9.77. The first kappa shape index (κ1) is 14.1. The molecule has 4 heteroatoms. The fraction of sp³-hybridized carbons (Fsp3) is 0.250. The molecule has 0 unspecified atom stereocenters. The molecule has 104 valence electrons. The van der Waals surface area contributed by atoms with Crippen molar-refractivity contribution in [1.29, 1.82) is 5.41 Å². The summed E-state index contributed by atoms with van der Waals surface area (Å²) in [4.78, 5) is 4.33. The van der Waals surface area contributed by atoms with E-state index in [0.29, 0.717) is 11.5 Å². The van der Waals surface area contributed by atoms with E-state index in [1.807, 2.05) is 36.4 Å². The Morgan fingerprint density at radius 1 is 1.20 bits per heavy atom. The zero-order valence-electron chi connectivity index (χ0n) is 11.8. The number of hydrogen-bond donors (Lipinski definition) is 2. The largest absolute Gasteiger partial charge is 0.496 e. The molecule has 0 radical (unpaired) electrons. The van der Waals surface area contributed by atoms with Crippen molar-refractivity contribution in [3.63, 3.8) is 0 Å². The van der Waals surface area contributed by atoms with Crippen LogP contribution < -0.4 is 10.1 Å². The smallest absolute Gasteiger partial charge is 0.135 e. The molecule has 0 saturated carbocycles. The molecule has 0 saturated heterocycles. The lowest BCUT2D eigenvalue weighted by atomic mass is 10.0. The minimum Gasteiger partial charge on any atom is -0.496 e. The van der Waals surface area contributed by atoms with Crippen molar-refractivity contribution in [1.82, 2.24) is 4.98 Å². The van der Waals surface area contributed by atoms with Crippen molar-refractivity contribution < 1.29 is 4.74 Å². The van der Waals surface area contributed by atoms with Gasteiger partial charge in [0.15, 0.2) is 0 Å². The normalized spacial score (nSPS) is 10.1. The highest BCUT2D eigenvalue weighted by molar-refractivity contribution is 6.15. The van der Waals surface area contributed by atoms with Crippen LogP contribution in [0.5, 0.6) is 5.75 Å². The van der Waals surface area contributed by atoms with Crippen molar-refractivity contribution in [2.75, 3.05) is 19.0 Å². The van der Waals surface area contributed by atoms with Gasteiger partial charge in [0.2, 0.25) is 0 Å². The van der Waals surface area contributed by atoms with Crippen molar-refractivity contribution in [3.8, 4) is 5.75 Å². The van der Waals surface area contributed by atoms with Crippen molar-refractivity contribution in [2.45, 2.75) is 13.3 Å². The third kappa shape index (κ3) is 2.96. The maximum absolute atomic E-state index is 8.43. The van der Waals surface area contributed by atoms with Gasteiger partial charge >= 0.3 is 0 Å². The summed E-state index contributed by atoms with van der Waals surface area (Å²) in [5.41, 5.74) is 1.96. The van der Waals surface area contributed by atoms with E-state index in [4.69, 9.17) is 10.1 Å². The van der Waals surface area contributed by atoms with Crippen LogP contribution >= 0.6 is 0 Å². The van der Waals surface area contributed by atoms with E-state index >= 15 is 0 Å². The van der Waals surface area contributed by atoms with Gasteiger partial charge < -0.3 is 10.1 Å². The average Bonchev–Trinajstić information content (AvgIpc) is 2.52. The number of hydrogen-bond acceptors (Lipinski definition) is 4. The second-order valence-corrected chi connectivity index (χ2v) is 4.40. The van der Waals surface area contributed by atoms with E-state index in [2.05, 4.69) is 17.2 Å². The molecule has 0 spiro atoms. The minimum atomic E-state index is 0.411. The summed E-state index contributed by atoms with van der Waals surface area (Å²) in [6.07, 6.45) is 2.75. The molecule has 0 fully saturated rings. The zero-order valence-corrected chi connectivity index (χ0v) is 11.8. The van der Waals surface area contributed by atoms with Gasteiger partial charge in [-0.25, -0.2) is 4.98 Å². The average molecular weight is 269 g/mol. The highest BCUT2D eigenvalue weighted by Crippen LogP contribution is 2.23. The molecule has 0 aliphatic rings. The number of benzene rings is 1. The summed E-state index contributed by atoms with van der Waals surface area (Å²) < 4.78 is 5.33. The predicted octanol–water partition coefficient (Wildman–Crippen LogP) is 3.33. The zero-order chi connectivity index (χ0) is 14.4. The standard InChI is InChI=1S/C16H19N3O/c1-3-10-18-16-13(8-6-11-19-16)15(17)12-7-4-5-9-14(12)20-2/h4-9,11,17H,3,10H2,1-2H3,(H,18,19). The summed E-state index contributed by atoms with van der Waals surface area (Å²) in [6.45, 7) is 2.93. The van der Waals surface area contributed by atoms with Gasteiger partial charge in [-0.3, -0.25) is 5.41 Å². The number of anilines is 1. The number of nitrogens with zero attached hydrogens (tertiary/aromatic N) is 1. The number of para-hydroxylation sites is 1. The Balaban J connectivity index is 2.38. The Morgan fingerprint density at radius 3 is 2.70 bits per heavy atom. The van der Waals surface area contributed by atoms with E-state index in [-0.39, 0.29) is 0 Å². The van der Waals surface area contributed by atoms with Crippen LogP contribution in [-0.2, 0) is 0 Å². The molecule has 1 aromatic carbocycles. The SMILES string of the molecule is CCCNc1ncccc1C(=N)c1ccccc1OC. The molecule has 0 amide bonds. The first-order valence-corrected chi connectivity index (χ1v) is 6.69. The minimum absolute atomic E-state index is 0.411. The van der Waals surface area contributed by atoms with E-state index in [9.17, 15) is 0 Å². The second-order valence-electron chi connectivity index (χ2n) is 4.40. The van der Waals surface area contributed by atoms with Gasteiger partial charge in [0.1, 0.15) is 11.6 Å². The Morgan fingerprint density at radius 2 is 1.95 bits per heavy atom. The number of methoxy groups -OCH3 is 1. The molecular formula is C16H19N3O. The Hall–Kier alpha value is -2.36. The molecule has 0 aliphatic carbocycles. The van der Waals surface area contributed by atoms with Crippen LogP contribution in [0.4, 0.5) is 5.82 Å². The van der Waals surface area contributed by atoms with E-state index in [0.717, 1.165) is 29.9 Å². The molecule has 0 bridgehead atoms. The third-order valence-electron chi connectivity index (χ3n) is 3.00. The summed E-state index contributed by atoms with van der Waals surface area (Å²) in [7, 11) is 1.62. The van der Waals surface area contributed by atoms with Crippen LogP contribution in [0.2, 0.25) is 0 Å². The lowest BCUT2D eigenvalue weighted by molar-refractivity contribution is 0.414. The molecule has 0 atom stereocenters. The molecule has 1 aromatic heterocycles. The molecule has 2 N–H and O–H groups in total. The quantitative estimate of drug-likeness (QED) is 0.791. The maximum atomic E-state index is 8.43. The summed E-state index contributed by atoms with van der Waals surface area (Å²) in [5.74, 6) is 1.44. The van der Waals surface area contributed by atoms with Crippen LogP contribution in [0.25, 0.3) is 0 Å². The Bertz CT molecular complexity index is 596. The highest BCUT2D eigenvalue weighted by Gasteiger charge is 2.14. The predicted molar refractivity (Wildman–Crippen MR) is 81.9 cm³/mol. The molecule has 4 nitrogen and oxygen atoms in total. The van der Waals surface area contributed by atoms with Crippen LogP contribution in [0.1, 0.15) is 24.5 Å². The van der Waals surface area contributed by atoms with Gasteiger partial charge in [0, 0.05) is 23.9 Å². The van der Waals surface area contributed by atoms with E-state index in [1.54, 1.807) is 13.3 Å². The summed E-state index contributed by atoms with van der Waals surface area (Å²) in [6, 6.07) is 11.3. The van der Waals surface area contributed by atoms with Gasteiger partial charge in [-0.2, -0.15) is 0 Å². The lowest BCUT2D eigenvalue weighted by Crippen LogP contribution is -2.11. The van der Waals surface area contributed by atoms with E-state index < -0.39 is 0 Å². The Kier molecular flexibility index (Phi) is 4.71. The fourth-order valence-corrected chi connectivity index (χ4v) is 1.99. The van der Waals surface area contributed by atoms with Gasteiger partial charge in [-0.15, -0.1) is 0 Å². The van der Waals surface area contributed by atoms with Crippen LogP contribution in [0.15, 0.2) is 42.6 Å². The molecule has 2 aromatic rings. The van der Waals surface area contributed by atoms with E-state index in [1.165, 1.54) is 0 Å². The Labute approximate surface area is 119 Å². The highest BCUT2D eigenvalue weighted by atomic mass is 16.5. The monoisotopic (exact) mass is 269 g/mol. The number of pyridine rings is 1. The topological polar surface area (TPSA) is 58.0 Å². The second kappa shape index (κ2) is 6.70. The lowest BCUT2D eigenvalue weighted by Gasteiger charge is -2.13. The van der Waals surface area contributed by atoms with Crippen LogP contribution in [-0.4, -0.2) is 24.4 Å². The number of rotatable bonds is 6. The van der Waals surface area contributed by atoms with Crippen LogP contribution in [0, 0.1) is 5.41 Å². The van der Waals surface area contributed by atoms with Crippen molar-refractivity contribution in [3.05, 3.63) is 53.7 Å². The van der Waals surface area contributed by atoms with Gasteiger partial charge in [-0.1, -0.05) is 19.1 Å². The van der Waals surface area contributed by atoms with Gasteiger partial charge in [0.05, 0.1) is 12.8 Å². The molecule has 2 rings (SSSR count).